The molecule has 0 aliphatic heterocycles. The molecule has 5 aromatic rings. The van der Waals surface area contributed by atoms with Gasteiger partial charge in [0.15, 0.2) is 0 Å². The number of hydrogen-bond acceptors (Lipinski definition) is 0. The minimum Gasteiger partial charge on any atom is -0.0648 e. The van der Waals surface area contributed by atoms with Gasteiger partial charge in [0.1, 0.15) is 0 Å². The summed E-state index contributed by atoms with van der Waals surface area (Å²) >= 11 is 0. The number of hydrogen-bond donors (Lipinski definition) is 0. The molecule has 1 unspecified atom stereocenters. The van der Waals surface area contributed by atoms with Crippen LogP contribution in [0.25, 0.3) is 43.8 Å². The van der Waals surface area contributed by atoms with E-state index in [4.69, 9.17) is 0 Å². The van der Waals surface area contributed by atoms with Crippen LogP contribution in [0.15, 0.2) is 103 Å². The molecule has 0 bridgehead atoms. The molecule has 5 aromatic carbocycles. The van der Waals surface area contributed by atoms with Crippen molar-refractivity contribution in [1.82, 2.24) is 0 Å². The van der Waals surface area contributed by atoms with E-state index in [1.807, 2.05) is 0 Å². The molecule has 0 saturated heterocycles. The number of fused-ring (bicyclic) bond motifs is 2. The molecule has 0 aliphatic carbocycles. The fourth-order valence-electron chi connectivity index (χ4n) is 4.57. The lowest BCUT2D eigenvalue weighted by Crippen LogP contribution is -1.93. The number of benzene rings is 5. The summed E-state index contributed by atoms with van der Waals surface area (Å²) in [5, 5.41) is 5.24. The molecule has 1 atom stereocenters. The van der Waals surface area contributed by atoms with E-state index in [0.29, 0.717) is 5.92 Å². The maximum atomic E-state index is 2.30. The summed E-state index contributed by atoms with van der Waals surface area (Å²) < 4.78 is 0. The Labute approximate surface area is 178 Å². The molecule has 30 heavy (non-hydrogen) atoms. The first kappa shape index (κ1) is 18.6. The van der Waals surface area contributed by atoms with Crippen molar-refractivity contribution in [2.24, 2.45) is 0 Å². The van der Waals surface area contributed by atoms with Crippen LogP contribution in [0.3, 0.4) is 0 Å². The van der Waals surface area contributed by atoms with Gasteiger partial charge in [-0.1, -0.05) is 117 Å². The van der Waals surface area contributed by atoms with Gasteiger partial charge >= 0.3 is 0 Å². The average Bonchev–Trinajstić information content (AvgIpc) is 2.82. The Bertz CT molecular complexity index is 1250. The maximum Gasteiger partial charge on any atom is -0.00264 e. The molecule has 0 heterocycles. The highest BCUT2D eigenvalue weighted by Gasteiger charge is 2.16. The lowest BCUT2D eigenvalue weighted by molar-refractivity contribution is 0.734. The van der Waals surface area contributed by atoms with Gasteiger partial charge in [-0.3, -0.25) is 0 Å². The summed E-state index contributed by atoms with van der Waals surface area (Å²) in [6, 6.07) is 37.7. The van der Waals surface area contributed by atoms with E-state index in [1.165, 1.54) is 49.4 Å². The van der Waals surface area contributed by atoms with E-state index in [9.17, 15) is 0 Å². The van der Waals surface area contributed by atoms with E-state index in [2.05, 4.69) is 117 Å². The largest absolute Gasteiger partial charge is 0.0648 e. The van der Waals surface area contributed by atoms with Crippen molar-refractivity contribution in [3.8, 4) is 22.3 Å². The van der Waals surface area contributed by atoms with E-state index in [0.717, 1.165) is 6.42 Å². The summed E-state index contributed by atoms with van der Waals surface area (Å²) in [6.07, 6.45) is 1.16. The van der Waals surface area contributed by atoms with Crippen molar-refractivity contribution in [2.45, 2.75) is 26.2 Å². The van der Waals surface area contributed by atoms with Crippen LogP contribution >= 0.6 is 0 Å². The summed E-state index contributed by atoms with van der Waals surface area (Å²) in [5.74, 6) is 0.591. The Balaban J connectivity index is 1.86. The van der Waals surface area contributed by atoms with Gasteiger partial charge in [-0.25, -0.2) is 0 Å². The van der Waals surface area contributed by atoms with Crippen LogP contribution in [-0.2, 0) is 0 Å². The highest BCUT2D eigenvalue weighted by molar-refractivity contribution is 6.21. The second kappa shape index (κ2) is 7.80. The topological polar surface area (TPSA) is 0 Å². The lowest BCUT2D eigenvalue weighted by atomic mass is 9.85. The van der Waals surface area contributed by atoms with Gasteiger partial charge in [0.05, 0.1) is 0 Å². The highest BCUT2D eigenvalue weighted by atomic mass is 14.2. The van der Waals surface area contributed by atoms with Crippen molar-refractivity contribution in [1.29, 1.82) is 0 Å². The van der Waals surface area contributed by atoms with Crippen molar-refractivity contribution in [3.05, 3.63) is 109 Å². The third kappa shape index (κ3) is 3.09. The van der Waals surface area contributed by atoms with Crippen LogP contribution in [-0.4, -0.2) is 0 Å². The van der Waals surface area contributed by atoms with Crippen LogP contribution in [0.4, 0.5) is 0 Å². The quantitative estimate of drug-likeness (QED) is 0.271. The van der Waals surface area contributed by atoms with E-state index in [-0.39, 0.29) is 0 Å². The Morgan fingerprint density at radius 3 is 1.33 bits per heavy atom. The lowest BCUT2D eigenvalue weighted by Gasteiger charge is -2.18. The van der Waals surface area contributed by atoms with Crippen molar-refractivity contribution >= 4 is 21.5 Å². The van der Waals surface area contributed by atoms with E-state index in [1.54, 1.807) is 0 Å². The Hall–Kier alpha value is -3.38. The standard InChI is InChI=1S/C30H26/c1-3-21(2)22-17-19-24(20-18-22)30-27-15-9-7-13-25(27)29(23-11-5-4-6-12-23)26-14-8-10-16-28(26)30/h4-21H,3H2,1-2H3. The summed E-state index contributed by atoms with van der Waals surface area (Å²) in [4.78, 5) is 0. The molecule has 0 saturated carbocycles. The maximum absolute atomic E-state index is 2.30. The minimum absolute atomic E-state index is 0.591. The monoisotopic (exact) mass is 386 g/mol. The van der Waals surface area contributed by atoms with Gasteiger partial charge in [-0.05, 0) is 61.7 Å². The molecule has 5 rings (SSSR count). The zero-order valence-corrected chi connectivity index (χ0v) is 17.6. The average molecular weight is 387 g/mol. The van der Waals surface area contributed by atoms with Crippen LogP contribution < -0.4 is 0 Å². The summed E-state index contributed by atoms with van der Waals surface area (Å²) in [6.45, 7) is 4.55. The summed E-state index contributed by atoms with van der Waals surface area (Å²) in [5.41, 5.74) is 6.62. The highest BCUT2D eigenvalue weighted by Crippen LogP contribution is 2.43. The summed E-state index contributed by atoms with van der Waals surface area (Å²) in [7, 11) is 0. The molecule has 0 aromatic heterocycles. The number of rotatable bonds is 4. The minimum atomic E-state index is 0.591. The SMILES string of the molecule is CCC(C)c1ccc(-c2c3ccccc3c(-c3ccccc3)c3ccccc23)cc1. The van der Waals surface area contributed by atoms with Gasteiger partial charge in [0.25, 0.3) is 0 Å². The molecule has 0 nitrogen and oxygen atoms in total. The smallest absolute Gasteiger partial charge is 0.00264 e. The van der Waals surface area contributed by atoms with Gasteiger partial charge in [0, 0.05) is 0 Å². The molecule has 0 aliphatic rings. The first-order chi connectivity index (χ1) is 14.8. The van der Waals surface area contributed by atoms with Crippen LogP contribution in [0.5, 0.6) is 0 Å². The third-order valence-electron chi connectivity index (χ3n) is 6.37. The Morgan fingerprint density at radius 1 is 0.500 bits per heavy atom. The molecular weight excluding hydrogens is 360 g/mol. The molecule has 0 amide bonds. The van der Waals surface area contributed by atoms with Crippen molar-refractivity contribution in [2.75, 3.05) is 0 Å². The Kier molecular flexibility index (Phi) is 4.85. The van der Waals surface area contributed by atoms with E-state index < -0.39 is 0 Å². The molecule has 0 fully saturated rings. The van der Waals surface area contributed by atoms with Gasteiger partial charge in [-0.2, -0.15) is 0 Å². The molecule has 0 spiro atoms. The molecular formula is C30H26. The van der Waals surface area contributed by atoms with Crippen molar-refractivity contribution in [3.63, 3.8) is 0 Å². The third-order valence-corrected chi connectivity index (χ3v) is 6.37. The molecule has 0 radical (unpaired) electrons. The Morgan fingerprint density at radius 2 is 0.900 bits per heavy atom. The first-order valence-electron chi connectivity index (χ1n) is 10.9. The predicted molar refractivity (Wildman–Crippen MR) is 131 cm³/mol. The molecule has 146 valence electrons. The fourth-order valence-corrected chi connectivity index (χ4v) is 4.57. The normalized spacial score (nSPS) is 12.3. The van der Waals surface area contributed by atoms with Crippen molar-refractivity contribution < 1.29 is 0 Å². The van der Waals surface area contributed by atoms with Gasteiger partial charge in [-0.15, -0.1) is 0 Å². The molecule has 0 N–H and O–H groups in total. The fraction of sp³-hybridized carbons (Fsp3) is 0.133. The zero-order chi connectivity index (χ0) is 20.5. The first-order valence-corrected chi connectivity index (χ1v) is 10.9. The zero-order valence-electron chi connectivity index (χ0n) is 17.6. The second-order valence-corrected chi connectivity index (χ2v) is 8.14. The van der Waals surface area contributed by atoms with Crippen LogP contribution in [0, 0.1) is 0 Å². The predicted octanol–water partition coefficient (Wildman–Crippen LogP) is 8.84. The second-order valence-electron chi connectivity index (χ2n) is 8.14. The van der Waals surface area contributed by atoms with Gasteiger partial charge in [0.2, 0.25) is 0 Å². The van der Waals surface area contributed by atoms with E-state index >= 15 is 0 Å². The van der Waals surface area contributed by atoms with Crippen LogP contribution in [0.2, 0.25) is 0 Å². The van der Waals surface area contributed by atoms with Crippen LogP contribution in [0.1, 0.15) is 31.7 Å². The molecule has 0 heteroatoms. The van der Waals surface area contributed by atoms with Gasteiger partial charge < -0.3 is 0 Å².